The minimum Gasteiger partial charge on any atom is -0.406 e. The van der Waals surface area contributed by atoms with Crippen molar-refractivity contribution in [3.05, 3.63) is 70.3 Å². The van der Waals surface area contributed by atoms with Crippen LogP contribution in [0.15, 0.2) is 54.6 Å². The smallest absolute Gasteiger partial charge is 0.406 e. The fraction of sp³-hybridized carbons (Fsp3) is 0.0625. The molecule has 0 aliphatic heterocycles. The molecule has 2 aromatic rings. The Morgan fingerprint density at radius 3 is 2.56 bits per heavy atom. The van der Waals surface area contributed by atoms with Gasteiger partial charge in [0.25, 0.3) is 5.69 Å². The zero-order valence-corrected chi connectivity index (χ0v) is 12.5. The number of carbonyl (C=O) groups is 1. The van der Waals surface area contributed by atoms with Gasteiger partial charge in [-0.25, -0.2) is 0 Å². The van der Waals surface area contributed by atoms with Crippen LogP contribution in [0.25, 0.3) is 6.08 Å². The summed E-state index contributed by atoms with van der Waals surface area (Å²) < 4.78 is 40.2. The molecule has 25 heavy (non-hydrogen) atoms. The Kier molecular flexibility index (Phi) is 5.38. The van der Waals surface area contributed by atoms with Crippen molar-refractivity contribution in [3.63, 3.8) is 0 Å². The number of halogens is 3. The van der Waals surface area contributed by atoms with Crippen molar-refractivity contribution in [2.75, 3.05) is 5.32 Å². The summed E-state index contributed by atoms with van der Waals surface area (Å²) in [5.74, 6) is -1.08. The highest BCUT2D eigenvalue weighted by Crippen LogP contribution is 2.25. The van der Waals surface area contributed by atoms with Crippen molar-refractivity contribution >= 4 is 23.4 Å². The molecule has 0 aromatic heterocycles. The minimum absolute atomic E-state index is 0.107. The number of nitro groups is 1. The Bertz CT molecular complexity index is 819. The summed E-state index contributed by atoms with van der Waals surface area (Å²) in [6.45, 7) is 0. The first-order valence-corrected chi connectivity index (χ1v) is 6.82. The first kappa shape index (κ1) is 18.0. The molecule has 1 amide bonds. The lowest BCUT2D eigenvalue weighted by Crippen LogP contribution is -2.17. The highest BCUT2D eigenvalue weighted by molar-refractivity contribution is 6.02. The molecule has 0 spiro atoms. The summed E-state index contributed by atoms with van der Waals surface area (Å²) in [5.41, 5.74) is 0.411. The maximum absolute atomic E-state index is 12.2. The normalized spacial score (nSPS) is 11.3. The number of hydrogen-bond acceptors (Lipinski definition) is 4. The van der Waals surface area contributed by atoms with Gasteiger partial charge < -0.3 is 10.1 Å². The van der Waals surface area contributed by atoms with E-state index in [4.69, 9.17) is 0 Å². The van der Waals surface area contributed by atoms with E-state index in [0.29, 0.717) is 5.56 Å². The van der Waals surface area contributed by atoms with E-state index < -0.39 is 22.9 Å². The molecule has 0 saturated heterocycles. The molecular weight excluding hydrogens is 341 g/mol. The number of nitrogens with zero attached hydrogens (tertiary/aromatic N) is 1. The van der Waals surface area contributed by atoms with Gasteiger partial charge in [0.15, 0.2) is 0 Å². The lowest BCUT2D eigenvalue weighted by atomic mass is 10.2. The molecule has 1 N–H and O–H groups in total. The third-order valence-electron chi connectivity index (χ3n) is 2.84. The number of alkyl halides is 3. The molecule has 0 fully saturated rings. The van der Waals surface area contributed by atoms with Crippen LogP contribution >= 0.6 is 0 Å². The van der Waals surface area contributed by atoms with E-state index in [2.05, 4.69) is 10.1 Å². The number of hydrogen-bond donors (Lipinski definition) is 1. The van der Waals surface area contributed by atoms with Crippen molar-refractivity contribution < 1.29 is 27.6 Å². The van der Waals surface area contributed by atoms with Crippen LogP contribution in [0.5, 0.6) is 5.75 Å². The van der Waals surface area contributed by atoms with E-state index >= 15 is 0 Å². The van der Waals surface area contributed by atoms with Crippen molar-refractivity contribution in [2.45, 2.75) is 6.36 Å². The molecule has 0 heterocycles. The van der Waals surface area contributed by atoms with E-state index in [9.17, 15) is 28.1 Å². The summed E-state index contributed by atoms with van der Waals surface area (Å²) in [4.78, 5) is 21.9. The molecule has 0 aliphatic rings. The zero-order chi connectivity index (χ0) is 18.4. The summed E-state index contributed by atoms with van der Waals surface area (Å²) in [6, 6.07) is 10.4. The van der Waals surface area contributed by atoms with E-state index in [1.54, 1.807) is 6.07 Å². The van der Waals surface area contributed by atoms with Crippen LogP contribution < -0.4 is 10.1 Å². The lowest BCUT2D eigenvalue weighted by molar-refractivity contribution is -0.384. The topological polar surface area (TPSA) is 81.5 Å². The molecule has 0 unspecified atom stereocenters. The predicted octanol–water partition coefficient (Wildman–Crippen LogP) is 4.15. The van der Waals surface area contributed by atoms with Crippen LogP contribution in [-0.4, -0.2) is 17.2 Å². The molecule has 2 aromatic carbocycles. The largest absolute Gasteiger partial charge is 0.573 e. The van der Waals surface area contributed by atoms with Crippen molar-refractivity contribution in [3.8, 4) is 5.75 Å². The molecule has 0 bridgehead atoms. The van der Waals surface area contributed by atoms with Crippen LogP contribution in [0.2, 0.25) is 0 Å². The number of nitrogens with one attached hydrogen (secondary N) is 1. The Morgan fingerprint density at radius 1 is 1.16 bits per heavy atom. The number of carbonyl (C=O) groups excluding carboxylic acids is 1. The van der Waals surface area contributed by atoms with Crippen LogP contribution in [0.4, 0.5) is 24.5 Å². The van der Waals surface area contributed by atoms with Gasteiger partial charge in [-0.05, 0) is 23.8 Å². The fourth-order valence-corrected chi connectivity index (χ4v) is 1.87. The second-order valence-corrected chi connectivity index (χ2v) is 4.75. The first-order valence-electron chi connectivity index (χ1n) is 6.82. The average Bonchev–Trinajstić information content (AvgIpc) is 2.52. The molecule has 0 atom stereocenters. The lowest BCUT2D eigenvalue weighted by Gasteiger charge is -2.10. The molecule has 9 heteroatoms. The van der Waals surface area contributed by atoms with Crippen LogP contribution in [-0.2, 0) is 4.79 Å². The van der Waals surface area contributed by atoms with Gasteiger partial charge in [-0.15, -0.1) is 13.2 Å². The fourth-order valence-electron chi connectivity index (χ4n) is 1.87. The van der Waals surface area contributed by atoms with Gasteiger partial charge in [-0.2, -0.15) is 0 Å². The van der Waals surface area contributed by atoms with Crippen molar-refractivity contribution in [1.82, 2.24) is 0 Å². The van der Waals surface area contributed by atoms with Crippen LogP contribution in [0.1, 0.15) is 5.56 Å². The summed E-state index contributed by atoms with van der Waals surface area (Å²) in [6.07, 6.45) is -2.38. The van der Waals surface area contributed by atoms with Crippen LogP contribution in [0, 0.1) is 10.1 Å². The molecule has 0 aliphatic carbocycles. The third-order valence-corrected chi connectivity index (χ3v) is 2.84. The van der Waals surface area contributed by atoms with Crippen LogP contribution in [0.3, 0.4) is 0 Å². The van der Waals surface area contributed by atoms with Gasteiger partial charge >= 0.3 is 6.36 Å². The number of benzene rings is 2. The second-order valence-electron chi connectivity index (χ2n) is 4.75. The van der Waals surface area contributed by atoms with Gasteiger partial charge in [0, 0.05) is 30.0 Å². The zero-order valence-electron chi connectivity index (χ0n) is 12.5. The van der Waals surface area contributed by atoms with Crippen molar-refractivity contribution in [1.29, 1.82) is 0 Å². The Balaban J connectivity index is 2.04. The predicted molar refractivity (Wildman–Crippen MR) is 83.9 cm³/mol. The molecule has 130 valence electrons. The minimum atomic E-state index is -4.83. The highest BCUT2D eigenvalue weighted by Gasteiger charge is 2.31. The van der Waals surface area contributed by atoms with Gasteiger partial charge in [0.05, 0.1) is 4.92 Å². The van der Waals surface area contributed by atoms with Gasteiger partial charge in [0.1, 0.15) is 5.75 Å². The van der Waals surface area contributed by atoms with Crippen molar-refractivity contribution in [2.24, 2.45) is 0 Å². The standard InChI is InChI=1S/C16H11F3N2O4/c17-16(18,19)25-14-6-2-4-12(10-14)20-15(22)8-7-11-3-1-5-13(9-11)21(23)24/h1-10H,(H,20,22)/b8-7+. The third kappa shape index (κ3) is 5.98. The Labute approximate surface area is 139 Å². The van der Waals surface area contributed by atoms with E-state index in [-0.39, 0.29) is 11.4 Å². The Morgan fingerprint density at radius 2 is 1.88 bits per heavy atom. The quantitative estimate of drug-likeness (QED) is 0.498. The number of amides is 1. The molecule has 2 rings (SSSR count). The summed E-state index contributed by atoms with van der Waals surface area (Å²) >= 11 is 0. The molecule has 6 nitrogen and oxygen atoms in total. The number of nitro benzene ring substituents is 1. The van der Waals surface area contributed by atoms with E-state index in [1.807, 2.05) is 0 Å². The van der Waals surface area contributed by atoms with Gasteiger partial charge in [0.2, 0.25) is 5.91 Å². The number of non-ortho nitro benzene ring substituents is 1. The summed E-state index contributed by atoms with van der Waals surface area (Å²) in [5, 5.41) is 13.0. The molecule has 0 radical (unpaired) electrons. The molecular formula is C16H11F3N2O4. The average molecular weight is 352 g/mol. The van der Waals surface area contributed by atoms with Gasteiger partial charge in [-0.3, -0.25) is 14.9 Å². The molecule has 0 saturated carbocycles. The van der Waals surface area contributed by atoms with Gasteiger partial charge in [-0.1, -0.05) is 18.2 Å². The Hall–Kier alpha value is -3.36. The van der Waals surface area contributed by atoms with E-state index in [0.717, 1.165) is 18.2 Å². The SMILES string of the molecule is O=C(/C=C/c1cccc([N+](=O)[O-])c1)Nc1cccc(OC(F)(F)F)c1. The highest BCUT2D eigenvalue weighted by atomic mass is 19.4. The maximum Gasteiger partial charge on any atom is 0.573 e. The monoisotopic (exact) mass is 352 g/mol. The first-order chi connectivity index (χ1) is 11.7. The maximum atomic E-state index is 12.2. The number of ether oxygens (including phenoxy) is 1. The number of rotatable bonds is 5. The number of anilines is 1. The van der Waals surface area contributed by atoms with E-state index in [1.165, 1.54) is 36.4 Å². The second kappa shape index (κ2) is 7.47. The summed E-state index contributed by atoms with van der Waals surface area (Å²) in [7, 11) is 0.